The summed E-state index contributed by atoms with van der Waals surface area (Å²) in [5.41, 5.74) is 0. The lowest BCUT2D eigenvalue weighted by Gasteiger charge is -2.29. The number of halogens is 1. The van der Waals surface area contributed by atoms with Crippen molar-refractivity contribution in [3.05, 3.63) is 0 Å². The normalized spacial score (nSPS) is 32.7. The van der Waals surface area contributed by atoms with Gasteiger partial charge in [0.15, 0.2) is 0 Å². The first-order valence-corrected chi connectivity index (χ1v) is 5.92. The van der Waals surface area contributed by atoms with Crippen molar-refractivity contribution in [2.45, 2.75) is 39.5 Å². The van der Waals surface area contributed by atoms with Crippen LogP contribution in [-0.4, -0.2) is 5.33 Å². The Labute approximate surface area is 78.9 Å². The molecule has 1 aliphatic carbocycles. The minimum Gasteiger partial charge on any atom is -0.0925 e. The van der Waals surface area contributed by atoms with Crippen LogP contribution in [-0.2, 0) is 0 Å². The van der Waals surface area contributed by atoms with E-state index in [9.17, 15) is 0 Å². The van der Waals surface area contributed by atoms with E-state index < -0.39 is 0 Å². The van der Waals surface area contributed by atoms with Gasteiger partial charge in [-0.1, -0.05) is 29.8 Å². The molecule has 1 heteroatoms. The maximum absolute atomic E-state index is 3.57. The van der Waals surface area contributed by atoms with E-state index in [0.717, 1.165) is 17.8 Å². The number of hydrogen-bond donors (Lipinski definition) is 0. The zero-order chi connectivity index (χ0) is 8.27. The van der Waals surface area contributed by atoms with Crippen LogP contribution in [0.15, 0.2) is 0 Å². The molecule has 0 aromatic carbocycles. The van der Waals surface area contributed by atoms with Crippen LogP contribution in [0.2, 0.25) is 0 Å². The van der Waals surface area contributed by atoms with Gasteiger partial charge in [-0.2, -0.15) is 0 Å². The van der Waals surface area contributed by atoms with Crippen LogP contribution in [0, 0.1) is 17.8 Å². The van der Waals surface area contributed by atoms with Crippen LogP contribution in [0.25, 0.3) is 0 Å². The summed E-state index contributed by atoms with van der Waals surface area (Å²) in [5, 5.41) is 1.22. The Bertz CT molecular complexity index is 101. The van der Waals surface area contributed by atoms with Gasteiger partial charge in [0, 0.05) is 5.33 Å². The van der Waals surface area contributed by atoms with Crippen LogP contribution in [0.1, 0.15) is 39.5 Å². The summed E-state index contributed by atoms with van der Waals surface area (Å²) in [6.45, 7) is 4.72. The molecule has 66 valence electrons. The van der Waals surface area contributed by atoms with Gasteiger partial charge in [-0.3, -0.25) is 0 Å². The van der Waals surface area contributed by atoms with Crippen LogP contribution >= 0.6 is 15.9 Å². The van der Waals surface area contributed by atoms with Crippen LogP contribution < -0.4 is 0 Å². The Hall–Kier alpha value is 0.480. The summed E-state index contributed by atoms with van der Waals surface area (Å²) in [4.78, 5) is 0. The van der Waals surface area contributed by atoms with Crippen molar-refractivity contribution in [1.29, 1.82) is 0 Å². The minimum atomic E-state index is 0.909. The highest BCUT2D eigenvalue weighted by molar-refractivity contribution is 9.09. The molecule has 1 fully saturated rings. The Kier molecular flexibility index (Phi) is 3.91. The van der Waals surface area contributed by atoms with Crippen molar-refractivity contribution in [1.82, 2.24) is 0 Å². The monoisotopic (exact) mass is 218 g/mol. The predicted octanol–water partition coefficient (Wildman–Crippen LogP) is 3.84. The average Bonchev–Trinajstić information content (AvgIpc) is 2.05. The van der Waals surface area contributed by atoms with Crippen molar-refractivity contribution < 1.29 is 0 Å². The molecule has 0 unspecified atom stereocenters. The summed E-state index contributed by atoms with van der Waals surface area (Å²) >= 11 is 3.57. The summed E-state index contributed by atoms with van der Waals surface area (Å²) in [5.74, 6) is 2.90. The molecule has 0 aromatic heterocycles. The molecule has 0 nitrogen and oxygen atoms in total. The molecule has 11 heavy (non-hydrogen) atoms. The second kappa shape index (κ2) is 4.49. The molecule has 0 heterocycles. The molecule has 0 aromatic rings. The first kappa shape index (κ1) is 9.57. The lowest BCUT2D eigenvalue weighted by Crippen LogP contribution is -2.19. The largest absolute Gasteiger partial charge is 0.0925 e. The molecule has 0 amide bonds. The fourth-order valence-electron chi connectivity index (χ4n) is 2.01. The molecule has 0 N–H and O–H groups in total. The van der Waals surface area contributed by atoms with E-state index in [4.69, 9.17) is 0 Å². The third kappa shape index (κ3) is 2.77. The van der Waals surface area contributed by atoms with Crippen molar-refractivity contribution in [2.75, 3.05) is 5.33 Å². The lowest BCUT2D eigenvalue weighted by molar-refractivity contribution is 0.237. The standard InChI is InChI=1S/C10H19Br/c1-8(2)10-5-3-9(7-11)4-6-10/h8-10H,3-7H2,1-2H3. The number of alkyl halides is 1. The van der Waals surface area contributed by atoms with Crippen LogP contribution in [0.3, 0.4) is 0 Å². The van der Waals surface area contributed by atoms with Gasteiger partial charge in [-0.15, -0.1) is 0 Å². The first-order chi connectivity index (χ1) is 5.24. The summed E-state index contributed by atoms with van der Waals surface area (Å²) in [6, 6.07) is 0. The third-order valence-electron chi connectivity index (χ3n) is 3.05. The smallest absolute Gasteiger partial charge is 0.00596 e. The molecule has 1 saturated carbocycles. The van der Waals surface area contributed by atoms with E-state index in [1.165, 1.54) is 31.0 Å². The second-order valence-electron chi connectivity index (χ2n) is 4.18. The third-order valence-corrected chi connectivity index (χ3v) is 3.97. The molecule has 1 aliphatic rings. The van der Waals surface area contributed by atoms with E-state index in [1.54, 1.807) is 0 Å². The maximum atomic E-state index is 3.57. The van der Waals surface area contributed by atoms with Gasteiger partial charge in [0.2, 0.25) is 0 Å². The van der Waals surface area contributed by atoms with Gasteiger partial charge in [0.05, 0.1) is 0 Å². The topological polar surface area (TPSA) is 0 Å². The molecular weight excluding hydrogens is 200 g/mol. The molecule has 0 radical (unpaired) electrons. The fraction of sp³-hybridized carbons (Fsp3) is 1.00. The van der Waals surface area contributed by atoms with Gasteiger partial charge in [-0.25, -0.2) is 0 Å². The molecule has 1 rings (SSSR count). The van der Waals surface area contributed by atoms with E-state index in [0.29, 0.717) is 0 Å². The molecule has 0 spiro atoms. The highest BCUT2D eigenvalue weighted by atomic mass is 79.9. The molecular formula is C10H19Br. The van der Waals surface area contributed by atoms with E-state index >= 15 is 0 Å². The van der Waals surface area contributed by atoms with Gasteiger partial charge in [-0.05, 0) is 43.4 Å². The van der Waals surface area contributed by atoms with Crippen LogP contribution in [0.4, 0.5) is 0 Å². The summed E-state index contributed by atoms with van der Waals surface area (Å²) < 4.78 is 0. The maximum Gasteiger partial charge on any atom is 0.00596 e. The fourth-order valence-corrected chi connectivity index (χ4v) is 2.66. The zero-order valence-corrected chi connectivity index (χ0v) is 9.23. The predicted molar refractivity (Wildman–Crippen MR) is 54.1 cm³/mol. The van der Waals surface area contributed by atoms with Crippen molar-refractivity contribution in [2.24, 2.45) is 17.8 Å². The summed E-state index contributed by atoms with van der Waals surface area (Å²) in [6.07, 6.45) is 5.84. The van der Waals surface area contributed by atoms with Gasteiger partial charge >= 0.3 is 0 Å². The van der Waals surface area contributed by atoms with Crippen molar-refractivity contribution in [3.63, 3.8) is 0 Å². The molecule has 0 atom stereocenters. The van der Waals surface area contributed by atoms with Crippen molar-refractivity contribution >= 4 is 15.9 Å². The van der Waals surface area contributed by atoms with Crippen LogP contribution in [0.5, 0.6) is 0 Å². The number of hydrogen-bond acceptors (Lipinski definition) is 0. The Balaban J connectivity index is 2.24. The van der Waals surface area contributed by atoms with E-state index in [1.807, 2.05) is 0 Å². The minimum absolute atomic E-state index is 0.909. The van der Waals surface area contributed by atoms with Gasteiger partial charge in [0.25, 0.3) is 0 Å². The van der Waals surface area contributed by atoms with Crippen molar-refractivity contribution in [3.8, 4) is 0 Å². The zero-order valence-electron chi connectivity index (χ0n) is 7.65. The Morgan fingerprint density at radius 2 is 1.73 bits per heavy atom. The highest BCUT2D eigenvalue weighted by Crippen LogP contribution is 2.33. The van der Waals surface area contributed by atoms with Gasteiger partial charge in [0.1, 0.15) is 0 Å². The average molecular weight is 219 g/mol. The second-order valence-corrected chi connectivity index (χ2v) is 4.83. The highest BCUT2D eigenvalue weighted by Gasteiger charge is 2.21. The summed E-state index contributed by atoms with van der Waals surface area (Å²) in [7, 11) is 0. The van der Waals surface area contributed by atoms with Gasteiger partial charge < -0.3 is 0 Å². The Morgan fingerprint density at radius 1 is 1.18 bits per heavy atom. The SMILES string of the molecule is CC(C)C1CCC(CBr)CC1. The number of rotatable bonds is 2. The molecule has 0 aliphatic heterocycles. The molecule has 0 saturated heterocycles. The Morgan fingerprint density at radius 3 is 2.09 bits per heavy atom. The quantitative estimate of drug-likeness (QED) is 0.619. The van der Waals surface area contributed by atoms with E-state index in [2.05, 4.69) is 29.8 Å². The molecule has 0 bridgehead atoms. The first-order valence-electron chi connectivity index (χ1n) is 4.80. The lowest BCUT2D eigenvalue weighted by atomic mass is 9.78. The van der Waals surface area contributed by atoms with E-state index in [-0.39, 0.29) is 0 Å².